The van der Waals surface area contributed by atoms with Gasteiger partial charge in [0, 0.05) is 23.9 Å². The van der Waals surface area contributed by atoms with E-state index in [9.17, 15) is 14.7 Å². The number of aromatic nitrogens is 2. The number of benzene rings is 2. The summed E-state index contributed by atoms with van der Waals surface area (Å²) in [5.74, 6) is 0.440. The summed E-state index contributed by atoms with van der Waals surface area (Å²) in [4.78, 5) is 28.4. The second-order valence-corrected chi connectivity index (χ2v) is 8.21. The number of ether oxygens (including phenoxy) is 2. The van der Waals surface area contributed by atoms with Crippen LogP contribution in [-0.2, 0) is 11.3 Å². The summed E-state index contributed by atoms with van der Waals surface area (Å²) in [6, 6.07) is 8.35. The van der Waals surface area contributed by atoms with Crippen LogP contribution in [0.15, 0.2) is 30.3 Å². The van der Waals surface area contributed by atoms with Crippen molar-refractivity contribution >= 4 is 28.6 Å². The Labute approximate surface area is 184 Å². The highest BCUT2D eigenvalue weighted by Crippen LogP contribution is 2.39. The molecule has 166 valence electrons. The van der Waals surface area contributed by atoms with Gasteiger partial charge in [0.2, 0.25) is 5.91 Å². The molecule has 32 heavy (non-hydrogen) atoms. The molecule has 5 rings (SSSR count). The first-order valence-corrected chi connectivity index (χ1v) is 10.6. The highest BCUT2D eigenvalue weighted by molar-refractivity contribution is 5.94. The molecule has 2 aliphatic rings. The summed E-state index contributed by atoms with van der Waals surface area (Å²) >= 11 is 0. The minimum atomic E-state index is -1.07. The number of carbonyl (C=O) groups excluding carboxylic acids is 1. The Morgan fingerprint density at radius 2 is 2.12 bits per heavy atom. The molecule has 4 N–H and O–H groups in total. The average Bonchev–Trinajstić information content (AvgIpc) is 3.57. The van der Waals surface area contributed by atoms with Crippen LogP contribution in [0, 0.1) is 5.92 Å². The van der Waals surface area contributed by atoms with Gasteiger partial charge in [0.25, 0.3) is 0 Å². The van der Waals surface area contributed by atoms with Gasteiger partial charge >= 0.3 is 5.97 Å². The van der Waals surface area contributed by atoms with Crippen molar-refractivity contribution in [1.29, 1.82) is 0 Å². The van der Waals surface area contributed by atoms with Crippen molar-refractivity contribution in [3.63, 3.8) is 0 Å². The molecule has 1 aliphatic carbocycles. The van der Waals surface area contributed by atoms with Gasteiger partial charge in [-0.2, -0.15) is 0 Å². The number of hydrogen-bond acceptors (Lipinski definition) is 6. The second kappa shape index (κ2) is 7.74. The zero-order chi connectivity index (χ0) is 22.4. The van der Waals surface area contributed by atoms with Gasteiger partial charge in [-0.25, -0.2) is 9.78 Å². The highest BCUT2D eigenvalue weighted by Gasteiger charge is 2.35. The van der Waals surface area contributed by atoms with Crippen LogP contribution in [-0.4, -0.2) is 46.3 Å². The molecule has 0 saturated heterocycles. The Kier molecular flexibility index (Phi) is 4.88. The number of nitrogens with one attached hydrogen (secondary N) is 1. The molecular weight excluding hydrogens is 412 g/mol. The van der Waals surface area contributed by atoms with E-state index in [4.69, 9.17) is 20.2 Å². The van der Waals surface area contributed by atoms with E-state index in [0.29, 0.717) is 41.6 Å². The van der Waals surface area contributed by atoms with Gasteiger partial charge in [0.15, 0.2) is 0 Å². The number of aryl methyl sites for hydroxylation is 1. The standard InChI is InChI=1S/C23H24N4O5/c1-31-17-6-5-13(9-15(17)23(29)30)22-26-16-10-14(25-19(21(24)28)12-3-4-12)11-18-20(16)27(22)7-2-8-32-18/h5-6,9-12,19,25H,2-4,7-8H2,1H3,(H2,24,28)(H,29,30). The zero-order valence-corrected chi connectivity index (χ0v) is 17.6. The largest absolute Gasteiger partial charge is 0.496 e. The monoisotopic (exact) mass is 436 g/mol. The van der Waals surface area contributed by atoms with E-state index in [1.165, 1.54) is 7.11 Å². The van der Waals surface area contributed by atoms with Crippen LogP contribution in [0.2, 0.25) is 0 Å². The molecule has 9 nitrogen and oxygen atoms in total. The Morgan fingerprint density at radius 3 is 2.81 bits per heavy atom. The third-order valence-corrected chi connectivity index (χ3v) is 6.00. The smallest absolute Gasteiger partial charge is 0.339 e. The molecule has 0 radical (unpaired) electrons. The predicted molar refractivity (Wildman–Crippen MR) is 118 cm³/mol. The van der Waals surface area contributed by atoms with Crippen LogP contribution in [0.4, 0.5) is 5.69 Å². The van der Waals surface area contributed by atoms with E-state index < -0.39 is 12.0 Å². The number of hydrogen-bond donors (Lipinski definition) is 3. The van der Waals surface area contributed by atoms with Crippen molar-refractivity contribution in [1.82, 2.24) is 9.55 Å². The molecule has 2 heterocycles. The van der Waals surface area contributed by atoms with Gasteiger partial charge in [0.05, 0.1) is 19.2 Å². The molecule has 0 spiro atoms. The Hall–Kier alpha value is -3.75. The first kappa shape index (κ1) is 20.2. The molecule has 1 unspecified atom stereocenters. The summed E-state index contributed by atoms with van der Waals surface area (Å²) in [6.45, 7) is 1.23. The van der Waals surface area contributed by atoms with E-state index in [-0.39, 0.29) is 17.4 Å². The van der Waals surface area contributed by atoms with Gasteiger partial charge in [-0.15, -0.1) is 0 Å². The van der Waals surface area contributed by atoms with Crippen LogP contribution in [0.3, 0.4) is 0 Å². The highest BCUT2D eigenvalue weighted by atomic mass is 16.5. The zero-order valence-electron chi connectivity index (χ0n) is 17.6. The Morgan fingerprint density at radius 1 is 1.31 bits per heavy atom. The molecule has 9 heteroatoms. The lowest BCUT2D eigenvalue weighted by Crippen LogP contribution is -2.37. The van der Waals surface area contributed by atoms with Crippen molar-refractivity contribution in [2.45, 2.75) is 31.8 Å². The molecule has 1 aromatic heterocycles. The quantitative estimate of drug-likeness (QED) is 0.519. The van der Waals surface area contributed by atoms with Crippen LogP contribution >= 0.6 is 0 Å². The third kappa shape index (κ3) is 3.49. The lowest BCUT2D eigenvalue weighted by atomic mass is 10.1. The first-order valence-electron chi connectivity index (χ1n) is 10.6. The lowest BCUT2D eigenvalue weighted by Gasteiger charge is -2.17. The fourth-order valence-electron chi connectivity index (χ4n) is 4.31. The molecule has 1 saturated carbocycles. The summed E-state index contributed by atoms with van der Waals surface area (Å²) in [5.41, 5.74) is 8.62. The van der Waals surface area contributed by atoms with Crippen molar-refractivity contribution < 1.29 is 24.2 Å². The fraction of sp³-hybridized carbons (Fsp3) is 0.348. The normalized spacial score (nSPS) is 16.2. The van der Waals surface area contributed by atoms with E-state index >= 15 is 0 Å². The minimum Gasteiger partial charge on any atom is -0.496 e. The fourth-order valence-corrected chi connectivity index (χ4v) is 4.31. The SMILES string of the molecule is COc1ccc(-c2nc3cc(NC(C(N)=O)C4CC4)cc4c3n2CCCO4)cc1C(=O)O. The molecule has 1 amide bonds. The molecular formula is C23H24N4O5. The number of carbonyl (C=O) groups is 2. The van der Waals surface area contributed by atoms with Crippen molar-refractivity contribution in [2.24, 2.45) is 11.7 Å². The molecule has 0 bridgehead atoms. The number of amides is 1. The number of rotatable bonds is 7. The molecule has 1 aliphatic heterocycles. The molecule has 2 aromatic carbocycles. The maximum Gasteiger partial charge on any atom is 0.339 e. The van der Waals surface area contributed by atoms with E-state index in [1.807, 2.05) is 12.1 Å². The third-order valence-electron chi connectivity index (χ3n) is 6.00. The average molecular weight is 436 g/mol. The number of imidazole rings is 1. The van der Waals surface area contributed by atoms with Crippen LogP contribution in [0.25, 0.3) is 22.4 Å². The molecule has 3 aromatic rings. The van der Waals surface area contributed by atoms with Gasteiger partial charge in [-0.1, -0.05) is 0 Å². The predicted octanol–water partition coefficient (Wildman–Crippen LogP) is 2.87. The van der Waals surface area contributed by atoms with Gasteiger partial charge in [-0.05, 0) is 49.4 Å². The first-order chi connectivity index (χ1) is 15.5. The summed E-state index contributed by atoms with van der Waals surface area (Å²) in [6.07, 6.45) is 2.74. The maximum absolute atomic E-state index is 11.9. The number of anilines is 1. The van der Waals surface area contributed by atoms with E-state index in [0.717, 1.165) is 30.5 Å². The van der Waals surface area contributed by atoms with Crippen LogP contribution < -0.4 is 20.5 Å². The number of carboxylic acid groups (broad SMARTS) is 1. The number of methoxy groups -OCH3 is 1. The summed E-state index contributed by atoms with van der Waals surface area (Å²) < 4.78 is 13.2. The topological polar surface area (TPSA) is 129 Å². The van der Waals surface area contributed by atoms with Crippen LogP contribution in [0.1, 0.15) is 29.6 Å². The Bertz CT molecular complexity index is 1230. The second-order valence-electron chi connectivity index (χ2n) is 8.21. The summed E-state index contributed by atoms with van der Waals surface area (Å²) in [5, 5.41) is 12.8. The number of nitrogens with two attached hydrogens (primary N) is 1. The van der Waals surface area contributed by atoms with Gasteiger partial charge < -0.3 is 30.2 Å². The number of primary amides is 1. The Balaban J connectivity index is 1.62. The van der Waals surface area contributed by atoms with Crippen molar-refractivity contribution in [3.8, 4) is 22.9 Å². The number of nitrogens with zero attached hydrogens (tertiary/aromatic N) is 2. The molecule has 1 fully saturated rings. The maximum atomic E-state index is 11.9. The van der Waals surface area contributed by atoms with Crippen molar-refractivity contribution in [2.75, 3.05) is 19.0 Å². The van der Waals surface area contributed by atoms with Gasteiger partial charge in [-0.3, -0.25) is 4.79 Å². The number of aromatic carboxylic acids is 1. The number of carboxylic acids is 1. The lowest BCUT2D eigenvalue weighted by molar-refractivity contribution is -0.119. The minimum absolute atomic E-state index is 0.0750. The molecule has 1 atom stereocenters. The van der Waals surface area contributed by atoms with E-state index in [1.54, 1.807) is 18.2 Å². The van der Waals surface area contributed by atoms with Crippen molar-refractivity contribution in [3.05, 3.63) is 35.9 Å². The van der Waals surface area contributed by atoms with Gasteiger partial charge in [0.1, 0.15) is 34.4 Å². The van der Waals surface area contributed by atoms with Crippen LogP contribution in [0.5, 0.6) is 11.5 Å². The van der Waals surface area contributed by atoms with E-state index in [2.05, 4.69) is 9.88 Å². The summed E-state index contributed by atoms with van der Waals surface area (Å²) in [7, 11) is 1.44.